The summed E-state index contributed by atoms with van der Waals surface area (Å²) in [6, 6.07) is 2.36. The van der Waals surface area contributed by atoms with Gasteiger partial charge in [-0.2, -0.15) is 0 Å². The van der Waals surface area contributed by atoms with Crippen molar-refractivity contribution in [1.29, 1.82) is 0 Å². The van der Waals surface area contributed by atoms with Crippen molar-refractivity contribution in [2.45, 2.75) is 26.3 Å². The molecular formula is C15H20N2O5. The number of aromatic nitrogens is 1. The van der Waals surface area contributed by atoms with Crippen molar-refractivity contribution in [2.24, 2.45) is 5.92 Å². The second-order valence-electron chi connectivity index (χ2n) is 4.77. The van der Waals surface area contributed by atoms with Gasteiger partial charge in [-0.25, -0.2) is 9.59 Å². The predicted octanol–water partition coefficient (Wildman–Crippen LogP) is 0.942. The van der Waals surface area contributed by atoms with Gasteiger partial charge in [0.2, 0.25) is 0 Å². The molecule has 1 aromatic rings. The maximum absolute atomic E-state index is 11.8. The molecule has 0 saturated heterocycles. The number of nitrogens with zero attached hydrogens (tertiary/aromatic N) is 1. The van der Waals surface area contributed by atoms with E-state index in [4.69, 9.17) is 4.74 Å². The van der Waals surface area contributed by atoms with Crippen LogP contribution in [0.5, 0.6) is 0 Å². The summed E-state index contributed by atoms with van der Waals surface area (Å²) < 4.78 is 9.54. The van der Waals surface area contributed by atoms with Crippen molar-refractivity contribution in [2.75, 3.05) is 13.7 Å². The standard InChI is InChI=1S/C15H20N2O5/c1-4-10(2)13(15(20)21-3)17-12(18)9-22-14(19)11-6-5-7-16-8-11/h5-8,10,13H,4,9H2,1-3H3,(H,17,18)/t10-,13+/m0/s1. The molecule has 0 bridgehead atoms. The van der Waals surface area contributed by atoms with E-state index in [1.54, 1.807) is 6.07 Å². The van der Waals surface area contributed by atoms with Crippen LogP contribution in [0.4, 0.5) is 0 Å². The number of pyridine rings is 1. The summed E-state index contributed by atoms with van der Waals surface area (Å²) in [7, 11) is 1.26. The van der Waals surface area contributed by atoms with Crippen molar-refractivity contribution in [3.05, 3.63) is 30.1 Å². The lowest BCUT2D eigenvalue weighted by Gasteiger charge is -2.21. The first-order chi connectivity index (χ1) is 10.5. The van der Waals surface area contributed by atoms with E-state index in [0.717, 1.165) is 0 Å². The lowest BCUT2D eigenvalue weighted by atomic mass is 9.99. The number of hydrogen-bond acceptors (Lipinski definition) is 6. The van der Waals surface area contributed by atoms with E-state index in [-0.39, 0.29) is 11.5 Å². The minimum Gasteiger partial charge on any atom is -0.467 e. The van der Waals surface area contributed by atoms with E-state index in [2.05, 4.69) is 15.0 Å². The van der Waals surface area contributed by atoms with E-state index < -0.39 is 30.5 Å². The van der Waals surface area contributed by atoms with E-state index in [9.17, 15) is 14.4 Å². The van der Waals surface area contributed by atoms with Gasteiger partial charge in [0.1, 0.15) is 6.04 Å². The number of hydrogen-bond donors (Lipinski definition) is 1. The van der Waals surface area contributed by atoms with Crippen LogP contribution in [0, 0.1) is 5.92 Å². The van der Waals surface area contributed by atoms with Crippen LogP contribution in [0.3, 0.4) is 0 Å². The Morgan fingerprint density at radius 2 is 2.09 bits per heavy atom. The number of esters is 2. The van der Waals surface area contributed by atoms with Crippen LogP contribution in [0.15, 0.2) is 24.5 Å². The summed E-state index contributed by atoms with van der Waals surface area (Å²) >= 11 is 0. The average Bonchev–Trinajstić information content (AvgIpc) is 2.56. The molecule has 7 heteroatoms. The number of rotatable bonds is 7. The van der Waals surface area contributed by atoms with Crippen LogP contribution >= 0.6 is 0 Å². The normalized spacial score (nSPS) is 12.9. The number of ether oxygens (including phenoxy) is 2. The molecule has 0 aromatic carbocycles. The SMILES string of the molecule is CC[C@H](C)[C@@H](NC(=O)COC(=O)c1cccnc1)C(=O)OC. The minimum absolute atomic E-state index is 0.0922. The lowest BCUT2D eigenvalue weighted by molar-refractivity contribution is -0.147. The van der Waals surface area contributed by atoms with Crippen molar-refractivity contribution >= 4 is 17.8 Å². The summed E-state index contributed by atoms with van der Waals surface area (Å²) in [5, 5.41) is 2.52. The van der Waals surface area contributed by atoms with Gasteiger partial charge in [-0.1, -0.05) is 20.3 Å². The Labute approximate surface area is 129 Å². The van der Waals surface area contributed by atoms with Crippen LogP contribution < -0.4 is 5.32 Å². The highest BCUT2D eigenvalue weighted by molar-refractivity contribution is 5.91. The number of methoxy groups -OCH3 is 1. The number of carbonyl (C=O) groups excluding carboxylic acids is 3. The highest BCUT2D eigenvalue weighted by atomic mass is 16.5. The molecule has 0 aliphatic rings. The third-order valence-corrected chi connectivity index (χ3v) is 3.22. The van der Waals surface area contributed by atoms with Gasteiger partial charge in [0.25, 0.3) is 5.91 Å². The number of carbonyl (C=O) groups is 3. The third-order valence-electron chi connectivity index (χ3n) is 3.22. The maximum Gasteiger partial charge on any atom is 0.340 e. The summed E-state index contributed by atoms with van der Waals surface area (Å²) in [5.74, 6) is -1.83. The number of amides is 1. The van der Waals surface area contributed by atoms with E-state index in [1.165, 1.54) is 25.6 Å². The molecule has 0 radical (unpaired) electrons. The quantitative estimate of drug-likeness (QED) is 0.753. The van der Waals surface area contributed by atoms with Crippen molar-refractivity contribution in [3.8, 4) is 0 Å². The Bertz CT molecular complexity index is 518. The molecule has 1 N–H and O–H groups in total. The predicted molar refractivity (Wildman–Crippen MR) is 77.9 cm³/mol. The number of nitrogens with one attached hydrogen (secondary N) is 1. The largest absolute Gasteiger partial charge is 0.467 e. The van der Waals surface area contributed by atoms with Crippen LogP contribution in [-0.4, -0.2) is 42.6 Å². The monoisotopic (exact) mass is 308 g/mol. The molecule has 0 saturated carbocycles. The zero-order valence-electron chi connectivity index (χ0n) is 12.9. The first-order valence-corrected chi connectivity index (χ1v) is 6.93. The van der Waals surface area contributed by atoms with Gasteiger partial charge >= 0.3 is 11.9 Å². The minimum atomic E-state index is -0.764. The zero-order valence-corrected chi connectivity index (χ0v) is 12.9. The molecule has 7 nitrogen and oxygen atoms in total. The molecule has 0 fully saturated rings. The van der Waals surface area contributed by atoms with Gasteiger partial charge in [-0.05, 0) is 18.1 Å². The van der Waals surface area contributed by atoms with Gasteiger partial charge in [0, 0.05) is 12.4 Å². The van der Waals surface area contributed by atoms with Crippen molar-refractivity contribution in [3.63, 3.8) is 0 Å². The molecule has 1 amide bonds. The summed E-state index contributed by atoms with van der Waals surface area (Å²) in [6.45, 7) is 3.25. The molecule has 0 aliphatic carbocycles. The molecule has 1 aromatic heterocycles. The second kappa shape index (κ2) is 8.76. The van der Waals surface area contributed by atoms with Crippen LogP contribution in [-0.2, 0) is 19.1 Å². The molecule has 1 rings (SSSR count). The Balaban J connectivity index is 2.54. The van der Waals surface area contributed by atoms with Crippen molar-refractivity contribution in [1.82, 2.24) is 10.3 Å². The first kappa shape index (κ1) is 17.6. The third kappa shape index (κ3) is 5.16. The Morgan fingerprint density at radius 3 is 2.64 bits per heavy atom. The van der Waals surface area contributed by atoms with Crippen LogP contribution in [0.2, 0.25) is 0 Å². The fourth-order valence-electron chi connectivity index (χ4n) is 1.71. The Morgan fingerprint density at radius 1 is 1.36 bits per heavy atom. The average molecular weight is 308 g/mol. The maximum atomic E-state index is 11.8. The summed E-state index contributed by atoms with van der Waals surface area (Å²) in [6.07, 6.45) is 3.56. The Hall–Kier alpha value is -2.44. The fourth-order valence-corrected chi connectivity index (χ4v) is 1.71. The zero-order chi connectivity index (χ0) is 16.5. The lowest BCUT2D eigenvalue weighted by Crippen LogP contribution is -2.47. The molecule has 1 heterocycles. The van der Waals surface area contributed by atoms with Crippen LogP contribution in [0.25, 0.3) is 0 Å². The molecule has 22 heavy (non-hydrogen) atoms. The fraction of sp³-hybridized carbons (Fsp3) is 0.467. The Kier molecular flexibility index (Phi) is 7.01. The molecule has 120 valence electrons. The highest BCUT2D eigenvalue weighted by Gasteiger charge is 2.26. The van der Waals surface area contributed by atoms with Crippen molar-refractivity contribution < 1.29 is 23.9 Å². The molecule has 0 unspecified atom stereocenters. The second-order valence-corrected chi connectivity index (χ2v) is 4.77. The highest BCUT2D eigenvalue weighted by Crippen LogP contribution is 2.09. The summed E-state index contributed by atoms with van der Waals surface area (Å²) in [5.41, 5.74) is 0.252. The van der Waals surface area contributed by atoms with Gasteiger partial charge in [-0.3, -0.25) is 9.78 Å². The van der Waals surface area contributed by atoms with Gasteiger partial charge in [0.05, 0.1) is 12.7 Å². The van der Waals surface area contributed by atoms with E-state index in [0.29, 0.717) is 6.42 Å². The smallest absolute Gasteiger partial charge is 0.340 e. The van der Waals surface area contributed by atoms with Gasteiger partial charge < -0.3 is 14.8 Å². The molecular weight excluding hydrogens is 288 g/mol. The van der Waals surface area contributed by atoms with Crippen LogP contribution in [0.1, 0.15) is 30.6 Å². The molecule has 2 atom stereocenters. The topological polar surface area (TPSA) is 94.6 Å². The first-order valence-electron chi connectivity index (χ1n) is 6.93. The van der Waals surface area contributed by atoms with E-state index >= 15 is 0 Å². The van der Waals surface area contributed by atoms with Gasteiger partial charge in [-0.15, -0.1) is 0 Å². The summed E-state index contributed by atoms with van der Waals surface area (Å²) in [4.78, 5) is 38.9. The van der Waals surface area contributed by atoms with E-state index in [1.807, 2.05) is 13.8 Å². The molecule has 0 aliphatic heterocycles. The van der Waals surface area contributed by atoms with Gasteiger partial charge in [0.15, 0.2) is 6.61 Å². The molecule has 0 spiro atoms.